The van der Waals surface area contributed by atoms with Gasteiger partial charge in [0.15, 0.2) is 0 Å². The number of hydrogen-bond donors (Lipinski definition) is 1. The van der Waals surface area contributed by atoms with Crippen molar-refractivity contribution in [3.8, 4) is 0 Å². The molecule has 154 valence electrons. The number of carbonyl (C=O) groups is 2. The Morgan fingerprint density at radius 2 is 1.79 bits per heavy atom. The van der Waals surface area contributed by atoms with Crippen LogP contribution in [0.1, 0.15) is 55.3 Å². The van der Waals surface area contributed by atoms with Gasteiger partial charge in [0.2, 0.25) is 15.9 Å². The van der Waals surface area contributed by atoms with Gasteiger partial charge in [0.25, 0.3) is 5.91 Å². The van der Waals surface area contributed by atoms with Gasteiger partial charge in [-0.1, -0.05) is 18.9 Å². The smallest absolute Gasteiger partial charge is 0.251 e. The molecule has 0 aromatic heterocycles. The summed E-state index contributed by atoms with van der Waals surface area (Å²) in [6.07, 6.45) is 6.06. The van der Waals surface area contributed by atoms with E-state index in [1.54, 1.807) is 18.2 Å². The molecule has 2 amide bonds. The lowest BCUT2D eigenvalue weighted by atomic mass is 10.2. The summed E-state index contributed by atoms with van der Waals surface area (Å²) in [6.45, 7) is 2.96. The van der Waals surface area contributed by atoms with E-state index in [0.717, 1.165) is 38.6 Å². The molecule has 0 atom stereocenters. The van der Waals surface area contributed by atoms with E-state index in [4.69, 9.17) is 0 Å². The lowest BCUT2D eigenvalue weighted by Gasteiger charge is -2.20. The number of carbonyl (C=O) groups excluding carboxylic acids is 2. The summed E-state index contributed by atoms with van der Waals surface area (Å²) in [4.78, 5) is 26.0. The molecular weight excluding hydrogens is 378 g/mol. The highest BCUT2D eigenvalue weighted by Gasteiger charge is 2.26. The number of likely N-dealkylation sites (tertiary alicyclic amines) is 1. The Morgan fingerprint density at radius 3 is 2.46 bits per heavy atom. The number of nitrogens with one attached hydrogen (secondary N) is 1. The average Bonchev–Trinajstić information content (AvgIpc) is 2.93. The van der Waals surface area contributed by atoms with Crippen molar-refractivity contribution in [3.63, 3.8) is 0 Å². The van der Waals surface area contributed by atoms with Crippen molar-refractivity contribution in [1.29, 1.82) is 0 Å². The summed E-state index contributed by atoms with van der Waals surface area (Å²) in [7, 11) is -3.57. The second-order valence-electron chi connectivity index (χ2n) is 7.44. The molecule has 2 heterocycles. The predicted molar refractivity (Wildman–Crippen MR) is 106 cm³/mol. The van der Waals surface area contributed by atoms with Crippen LogP contribution in [-0.4, -0.2) is 62.2 Å². The Labute approximate surface area is 167 Å². The van der Waals surface area contributed by atoms with Crippen LogP contribution in [0.15, 0.2) is 29.2 Å². The van der Waals surface area contributed by atoms with E-state index in [1.165, 1.54) is 10.4 Å². The normalized spacial score (nSPS) is 18.9. The average molecular weight is 408 g/mol. The highest BCUT2D eigenvalue weighted by molar-refractivity contribution is 7.89. The van der Waals surface area contributed by atoms with Gasteiger partial charge in [-0.3, -0.25) is 9.59 Å². The van der Waals surface area contributed by atoms with Crippen molar-refractivity contribution in [2.75, 3.05) is 32.7 Å². The maximum Gasteiger partial charge on any atom is 0.251 e. The monoisotopic (exact) mass is 407 g/mol. The Hall–Kier alpha value is -1.93. The van der Waals surface area contributed by atoms with Crippen molar-refractivity contribution >= 4 is 21.8 Å². The molecule has 2 fully saturated rings. The first-order valence-corrected chi connectivity index (χ1v) is 11.6. The van der Waals surface area contributed by atoms with E-state index in [-0.39, 0.29) is 16.7 Å². The molecule has 1 aromatic carbocycles. The minimum Gasteiger partial charge on any atom is -0.352 e. The third-order valence-corrected chi connectivity index (χ3v) is 7.26. The first-order valence-electron chi connectivity index (χ1n) is 10.1. The van der Waals surface area contributed by atoms with Gasteiger partial charge in [-0.15, -0.1) is 0 Å². The van der Waals surface area contributed by atoms with Gasteiger partial charge in [-0.2, -0.15) is 4.31 Å². The molecule has 28 heavy (non-hydrogen) atoms. The van der Waals surface area contributed by atoms with Crippen molar-refractivity contribution in [2.45, 2.75) is 49.8 Å². The number of nitrogens with zero attached hydrogens (tertiary/aromatic N) is 2. The number of benzene rings is 1. The molecule has 2 saturated heterocycles. The van der Waals surface area contributed by atoms with Crippen LogP contribution in [0, 0.1) is 0 Å². The zero-order chi connectivity index (χ0) is 20.0. The molecule has 2 aliphatic rings. The van der Waals surface area contributed by atoms with Gasteiger partial charge in [0.05, 0.1) is 4.90 Å². The minimum atomic E-state index is -3.57. The van der Waals surface area contributed by atoms with Crippen molar-refractivity contribution in [3.05, 3.63) is 29.8 Å². The zero-order valence-electron chi connectivity index (χ0n) is 16.2. The van der Waals surface area contributed by atoms with Crippen molar-refractivity contribution < 1.29 is 18.0 Å². The van der Waals surface area contributed by atoms with Gasteiger partial charge in [0.1, 0.15) is 0 Å². The SMILES string of the molecule is O=C(NCCCN1CCCC1=O)c1cccc(S(=O)(=O)N2CCCCCC2)c1. The first kappa shape index (κ1) is 20.8. The van der Waals surface area contributed by atoms with Crippen LogP contribution < -0.4 is 5.32 Å². The van der Waals surface area contributed by atoms with E-state index in [1.807, 2.05) is 4.90 Å². The van der Waals surface area contributed by atoms with Crippen LogP contribution in [0.25, 0.3) is 0 Å². The zero-order valence-corrected chi connectivity index (χ0v) is 17.0. The lowest BCUT2D eigenvalue weighted by molar-refractivity contribution is -0.127. The molecule has 0 unspecified atom stereocenters. The molecule has 7 nitrogen and oxygen atoms in total. The molecule has 1 aromatic rings. The molecule has 1 N–H and O–H groups in total. The Balaban J connectivity index is 1.57. The van der Waals surface area contributed by atoms with Gasteiger partial charge in [0, 0.05) is 44.7 Å². The summed E-state index contributed by atoms with van der Waals surface area (Å²) < 4.78 is 27.4. The van der Waals surface area contributed by atoms with Gasteiger partial charge in [-0.05, 0) is 43.9 Å². The fourth-order valence-corrected chi connectivity index (χ4v) is 5.31. The summed E-state index contributed by atoms with van der Waals surface area (Å²) >= 11 is 0. The summed E-state index contributed by atoms with van der Waals surface area (Å²) in [5.74, 6) is -0.113. The molecule has 8 heteroatoms. The molecule has 3 rings (SSSR count). The van der Waals surface area contributed by atoms with E-state index in [2.05, 4.69) is 5.32 Å². The highest BCUT2D eigenvalue weighted by Crippen LogP contribution is 2.21. The number of sulfonamides is 1. The van der Waals surface area contributed by atoms with Crippen LogP contribution in [-0.2, 0) is 14.8 Å². The predicted octanol–water partition coefficient (Wildman–Crippen LogP) is 1.99. The molecule has 0 bridgehead atoms. The molecular formula is C20H29N3O4S. The van der Waals surface area contributed by atoms with E-state index >= 15 is 0 Å². The lowest BCUT2D eigenvalue weighted by Crippen LogP contribution is -2.32. The minimum absolute atomic E-state index is 0.171. The third kappa shape index (κ3) is 5.11. The van der Waals surface area contributed by atoms with Crippen LogP contribution in [0.3, 0.4) is 0 Å². The maximum atomic E-state index is 12.9. The van der Waals surface area contributed by atoms with Crippen molar-refractivity contribution in [2.24, 2.45) is 0 Å². The fourth-order valence-electron chi connectivity index (χ4n) is 3.74. The number of amides is 2. The summed E-state index contributed by atoms with van der Waals surface area (Å²) in [6, 6.07) is 6.25. The standard InChI is InChI=1S/C20H29N3O4S/c24-19-10-6-12-22(19)13-7-11-21-20(25)17-8-5-9-18(16-17)28(26,27)23-14-3-1-2-4-15-23/h5,8-9,16H,1-4,6-7,10-15H2,(H,21,25). The van der Waals surface area contributed by atoms with Crippen LogP contribution in [0.4, 0.5) is 0 Å². The molecule has 0 aliphatic carbocycles. The van der Waals surface area contributed by atoms with E-state index in [0.29, 0.717) is 44.6 Å². The van der Waals surface area contributed by atoms with Gasteiger partial charge in [-0.25, -0.2) is 8.42 Å². The quantitative estimate of drug-likeness (QED) is 0.701. The van der Waals surface area contributed by atoms with Crippen molar-refractivity contribution in [1.82, 2.24) is 14.5 Å². The Bertz CT molecular complexity index is 801. The molecule has 0 saturated carbocycles. The van der Waals surface area contributed by atoms with E-state index in [9.17, 15) is 18.0 Å². The number of rotatable bonds is 7. The highest BCUT2D eigenvalue weighted by atomic mass is 32.2. The largest absolute Gasteiger partial charge is 0.352 e. The van der Waals surface area contributed by atoms with Crippen LogP contribution in [0.5, 0.6) is 0 Å². The molecule has 2 aliphatic heterocycles. The fraction of sp³-hybridized carbons (Fsp3) is 0.600. The maximum absolute atomic E-state index is 12.9. The Kier molecular flexibility index (Phi) is 7.07. The van der Waals surface area contributed by atoms with E-state index < -0.39 is 10.0 Å². The first-order chi connectivity index (χ1) is 13.5. The third-order valence-electron chi connectivity index (χ3n) is 5.36. The van der Waals surface area contributed by atoms with Gasteiger partial charge >= 0.3 is 0 Å². The van der Waals surface area contributed by atoms with Crippen LogP contribution >= 0.6 is 0 Å². The second-order valence-corrected chi connectivity index (χ2v) is 9.38. The van der Waals surface area contributed by atoms with Gasteiger partial charge < -0.3 is 10.2 Å². The molecule has 0 radical (unpaired) electrons. The van der Waals surface area contributed by atoms with Crippen LogP contribution in [0.2, 0.25) is 0 Å². The Morgan fingerprint density at radius 1 is 1.04 bits per heavy atom. The second kappa shape index (κ2) is 9.52. The summed E-state index contributed by atoms with van der Waals surface area (Å²) in [5.41, 5.74) is 0.341. The summed E-state index contributed by atoms with van der Waals surface area (Å²) in [5, 5.41) is 2.82. The topological polar surface area (TPSA) is 86.8 Å². The molecule has 0 spiro atoms. The number of hydrogen-bond acceptors (Lipinski definition) is 4.